The number of aldehydes is 1. The molecule has 0 aromatic carbocycles. The summed E-state index contributed by atoms with van der Waals surface area (Å²) in [5.74, 6) is -0.211. The Labute approximate surface area is 131 Å². The van der Waals surface area contributed by atoms with Crippen LogP contribution in [0.2, 0.25) is 0 Å². The number of aromatic amines is 1. The average Bonchev–Trinajstić information content (AvgIpc) is 2.46. The number of carbonyl (C=O) groups excluding carboxylic acids is 2. The normalized spacial score (nSPS) is 11.2. The van der Waals surface area contributed by atoms with E-state index in [1.807, 2.05) is 40.7 Å². The molecule has 0 atom stereocenters. The van der Waals surface area contributed by atoms with Gasteiger partial charge in [-0.1, -0.05) is 25.0 Å². The molecule has 0 saturated carbocycles. The molecule has 22 heavy (non-hydrogen) atoms. The Bertz CT molecular complexity index is 702. The van der Waals surface area contributed by atoms with Gasteiger partial charge < -0.3 is 4.98 Å². The second-order valence-electron chi connectivity index (χ2n) is 5.49. The number of allylic oxidation sites excluding steroid dienone is 4. The Hall–Kier alpha value is -2.23. The summed E-state index contributed by atoms with van der Waals surface area (Å²) in [6.07, 6.45) is 3.78. The van der Waals surface area contributed by atoms with E-state index in [1.54, 1.807) is 0 Å². The van der Waals surface area contributed by atoms with Crippen LogP contribution in [-0.2, 0) is 6.42 Å². The van der Waals surface area contributed by atoms with Crippen molar-refractivity contribution in [2.75, 3.05) is 0 Å². The highest BCUT2D eigenvalue weighted by Gasteiger charge is 2.22. The maximum atomic E-state index is 13.0. The molecule has 118 valence electrons. The summed E-state index contributed by atoms with van der Waals surface area (Å²) < 4.78 is 0. The van der Waals surface area contributed by atoms with E-state index in [4.69, 9.17) is 0 Å². The Morgan fingerprint density at radius 1 is 1.27 bits per heavy atom. The van der Waals surface area contributed by atoms with Crippen LogP contribution in [0.5, 0.6) is 0 Å². The smallest absolute Gasteiger partial charge is 0.248 e. The molecule has 4 nitrogen and oxygen atoms in total. The van der Waals surface area contributed by atoms with E-state index in [2.05, 4.69) is 4.98 Å². The average molecular weight is 301 g/mol. The van der Waals surface area contributed by atoms with Gasteiger partial charge in [0.05, 0.1) is 11.3 Å². The van der Waals surface area contributed by atoms with Crippen molar-refractivity contribution in [3.63, 3.8) is 0 Å². The van der Waals surface area contributed by atoms with Crippen molar-refractivity contribution in [2.24, 2.45) is 0 Å². The largest absolute Gasteiger partial charge is 0.319 e. The Kier molecular flexibility index (Phi) is 6.23. The number of aryl methyl sites for hydroxylation is 1. The zero-order valence-electron chi connectivity index (χ0n) is 13.9. The maximum absolute atomic E-state index is 13.0. The van der Waals surface area contributed by atoms with Crippen molar-refractivity contribution in [2.45, 2.75) is 47.5 Å². The van der Waals surface area contributed by atoms with Crippen molar-refractivity contribution < 1.29 is 9.59 Å². The SMILES string of the molecule is C/C=C(/C)C(C(=O)c1c(CCC)cc(=O)[nH]c1C=O)=C(C)C. The van der Waals surface area contributed by atoms with Crippen molar-refractivity contribution >= 4 is 12.1 Å². The lowest BCUT2D eigenvalue weighted by Crippen LogP contribution is -2.19. The zero-order chi connectivity index (χ0) is 16.9. The molecule has 0 bridgehead atoms. The molecule has 0 aliphatic heterocycles. The fourth-order valence-corrected chi connectivity index (χ4v) is 2.53. The molecular formula is C18H23NO3. The molecule has 0 spiro atoms. The summed E-state index contributed by atoms with van der Waals surface area (Å²) in [6, 6.07) is 1.41. The zero-order valence-corrected chi connectivity index (χ0v) is 13.9. The molecule has 0 aliphatic rings. The first-order chi connectivity index (χ1) is 10.4. The van der Waals surface area contributed by atoms with Crippen LogP contribution in [0.25, 0.3) is 0 Å². The number of nitrogens with one attached hydrogen (secondary N) is 1. The number of rotatable bonds is 6. The molecule has 0 unspecified atom stereocenters. The van der Waals surface area contributed by atoms with E-state index in [0.29, 0.717) is 29.4 Å². The van der Waals surface area contributed by atoms with Crippen LogP contribution in [0, 0.1) is 0 Å². The van der Waals surface area contributed by atoms with Gasteiger partial charge in [0.25, 0.3) is 0 Å². The molecule has 1 aromatic rings. The monoisotopic (exact) mass is 301 g/mol. The van der Waals surface area contributed by atoms with Crippen molar-refractivity contribution in [3.05, 3.63) is 56.0 Å². The standard InChI is InChI=1S/C18H23NO3/c1-6-8-13-9-15(21)19-14(10-20)17(13)18(22)16(11(3)4)12(5)7-2/h7,9-10H,6,8H2,1-5H3,(H,19,21)/b12-7-. The Morgan fingerprint density at radius 2 is 1.91 bits per heavy atom. The van der Waals surface area contributed by atoms with E-state index in [0.717, 1.165) is 17.6 Å². The summed E-state index contributed by atoms with van der Waals surface area (Å²) in [7, 11) is 0. The van der Waals surface area contributed by atoms with Crippen LogP contribution in [0.15, 0.2) is 33.7 Å². The summed E-state index contributed by atoms with van der Waals surface area (Å²) in [5.41, 5.74) is 2.97. The summed E-state index contributed by atoms with van der Waals surface area (Å²) in [6.45, 7) is 9.44. The van der Waals surface area contributed by atoms with E-state index in [9.17, 15) is 14.4 Å². The van der Waals surface area contributed by atoms with Crippen LogP contribution in [0.1, 0.15) is 67.4 Å². The minimum atomic E-state index is -0.358. The van der Waals surface area contributed by atoms with Gasteiger partial charge in [0.15, 0.2) is 12.1 Å². The molecule has 1 heterocycles. The fraction of sp³-hybridized carbons (Fsp3) is 0.389. The molecule has 1 N–H and O–H groups in total. The molecular weight excluding hydrogens is 278 g/mol. The second-order valence-corrected chi connectivity index (χ2v) is 5.49. The molecule has 0 amide bonds. The third-order valence-corrected chi connectivity index (χ3v) is 3.57. The second kappa shape index (κ2) is 7.69. The number of hydrogen-bond donors (Lipinski definition) is 1. The summed E-state index contributed by atoms with van der Waals surface area (Å²) in [4.78, 5) is 38.4. The molecule has 1 aromatic heterocycles. The van der Waals surface area contributed by atoms with Crippen LogP contribution in [0.4, 0.5) is 0 Å². The van der Waals surface area contributed by atoms with Gasteiger partial charge in [-0.05, 0) is 45.3 Å². The molecule has 0 fully saturated rings. The van der Waals surface area contributed by atoms with Crippen molar-refractivity contribution in [1.29, 1.82) is 0 Å². The third-order valence-electron chi connectivity index (χ3n) is 3.57. The minimum absolute atomic E-state index is 0.0589. The predicted molar refractivity (Wildman–Crippen MR) is 88.6 cm³/mol. The number of hydrogen-bond acceptors (Lipinski definition) is 3. The Morgan fingerprint density at radius 3 is 2.36 bits per heavy atom. The van der Waals surface area contributed by atoms with E-state index in [-0.39, 0.29) is 17.0 Å². The molecule has 0 radical (unpaired) electrons. The first kappa shape index (κ1) is 17.8. The highest BCUT2D eigenvalue weighted by atomic mass is 16.1. The first-order valence-corrected chi connectivity index (χ1v) is 7.44. The van der Waals surface area contributed by atoms with E-state index in [1.165, 1.54) is 6.07 Å². The number of aromatic nitrogens is 1. The minimum Gasteiger partial charge on any atom is -0.319 e. The van der Waals surface area contributed by atoms with Gasteiger partial charge in [-0.2, -0.15) is 0 Å². The molecule has 4 heteroatoms. The van der Waals surface area contributed by atoms with Gasteiger partial charge >= 0.3 is 0 Å². The Balaban J connectivity index is 3.67. The van der Waals surface area contributed by atoms with Crippen molar-refractivity contribution in [1.82, 2.24) is 4.98 Å². The number of Topliss-reactive ketones (excluding diaryl/α,β-unsaturated/α-hetero) is 1. The van der Waals surface area contributed by atoms with E-state index >= 15 is 0 Å². The number of ketones is 1. The fourth-order valence-electron chi connectivity index (χ4n) is 2.53. The highest BCUT2D eigenvalue weighted by molar-refractivity contribution is 6.15. The van der Waals surface area contributed by atoms with Crippen LogP contribution < -0.4 is 5.56 Å². The third kappa shape index (κ3) is 3.70. The number of carbonyl (C=O) groups is 2. The van der Waals surface area contributed by atoms with Gasteiger partial charge in [0.1, 0.15) is 0 Å². The van der Waals surface area contributed by atoms with Gasteiger partial charge in [0.2, 0.25) is 5.56 Å². The number of pyridine rings is 1. The van der Waals surface area contributed by atoms with Gasteiger partial charge in [-0.15, -0.1) is 0 Å². The van der Waals surface area contributed by atoms with Crippen LogP contribution >= 0.6 is 0 Å². The topological polar surface area (TPSA) is 67.0 Å². The lowest BCUT2D eigenvalue weighted by Gasteiger charge is -2.14. The van der Waals surface area contributed by atoms with Crippen molar-refractivity contribution in [3.8, 4) is 0 Å². The predicted octanol–water partition coefficient (Wildman–Crippen LogP) is 3.63. The summed E-state index contributed by atoms with van der Waals surface area (Å²) >= 11 is 0. The van der Waals surface area contributed by atoms with Crippen LogP contribution in [-0.4, -0.2) is 17.1 Å². The van der Waals surface area contributed by atoms with Gasteiger partial charge in [-0.3, -0.25) is 14.4 Å². The number of H-pyrrole nitrogens is 1. The van der Waals surface area contributed by atoms with Gasteiger partial charge in [-0.25, -0.2) is 0 Å². The molecule has 1 rings (SSSR count). The molecule has 0 aliphatic carbocycles. The van der Waals surface area contributed by atoms with E-state index < -0.39 is 0 Å². The summed E-state index contributed by atoms with van der Waals surface area (Å²) in [5, 5.41) is 0. The maximum Gasteiger partial charge on any atom is 0.248 e. The first-order valence-electron chi connectivity index (χ1n) is 7.44. The lowest BCUT2D eigenvalue weighted by molar-refractivity contribution is 0.102. The highest BCUT2D eigenvalue weighted by Crippen LogP contribution is 2.23. The quantitative estimate of drug-likeness (QED) is 0.377. The van der Waals surface area contributed by atoms with Gasteiger partial charge in [0, 0.05) is 11.6 Å². The van der Waals surface area contributed by atoms with Crippen LogP contribution in [0.3, 0.4) is 0 Å². The molecule has 0 saturated heterocycles. The lowest BCUT2D eigenvalue weighted by atomic mass is 9.89.